The highest BCUT2D eigenvalue weighted by molar-refractivity contribution is 7.38. The van der Waals surface area contributed by atoms with Gasteiger partial charge in [0.25, 0.3) is 0 Å². The first-order chi connectivity index (χ1) is 20.9. The highest BCUT2D eigenvalue weighted by atomic mass is 31.1. The summed E-state index contributed by atoms with van der Waals surface area (Å²) in [5, 5.41) is 0. The molecule has 6 aromatic rings. The van der Waals surface area contributed by atoms with E-state index < -0.39 is 0 Å². The largest absolute Gasteiger partial charge is 0.105 e. The van der Waals surface area contributed by atoms with Crippen molar-refractivity contribution in [3.05, 3.63) is 203 Å². The topological polar surface area (TPSA) is 0 Å². The van der Waals surface area contributed by atoms with Crippen LogP contribution in [-0.4, -0.2) is 0 Å². The second kappa shape index (κ2) is 14.4. The Morgan fingerprint density at radius 3 is 1.33 bits per heavy atom. The first kappa shape index (κ1) is 28.3. The minimum atomic E-state index is 0.297. The van der Waals surface area contributed by atoms with Crippen LogP contribution in [0.2, 0.25) is 0 Å². The third kappa shape index (κ3) is 6.97. The van der Waals surface area contributed by atoms with Gasteiger partial charge in [-0.1, -0.05) is 170 Å². The maximum absolute atomic E-state index is 2.42. The Bertz CT molecular complexity index is 1650. The van der Waals surface area contributed by atoms with E-state index in [1.54, 1.807) is 0 Å². The van der Waals surface area contributed by atoms with Crippen LogP contribution in [0.3, 0.4) is 0 Å². The van der Waals surface area contributed by atoms with E-state index in [4.69, 9.17) is 0 Å². The van der Waals surface area contributed by atoms with Crippen LogP contribution in [0.25, 0.3) is 11.1 Å². The monoisotopic (exact) mass is 578 g/mol. The Morgan fingerprint density at radius 2 is 0.810 bits per heavy atom. The summed E-state index contributed by atoms with van der Waals surface area (Å²) in [4.78, 5) is 0. The normalized spacial score (nSPS) is 13.0. The van der Waals surface area contributed by atoms with Gasteiger partial charge in [0.1, 0.15) is 0 Å². The van der Waals surface area contributed by atoms with Gasteiger partial charge in [0.15, 0.2) is 0 Å². The second-order valence-corrected chi connectivity index (χ2v) is 13.3. The molecule has 0 aromatic heterocycles. The van der Waals surface area contributed by atoms with Crippen LogP contribution in [0.4, 0.5) is 0 Å². The fourth-order valence-corrected chi connectivity index (χ4v) is 8.95. The van der Waals surface area contributed by atoms with Crippen molar-refractivity contribution in [2.75, 3.05) is 0 Å². The van der Waals surface area contributed by atoms with Gasteiger partial charge >= 0.3 is 0 Å². The number of hydrogen-bond donors (Lipinski definition) is 0. The number of benzene rings is 6. The highest BCUT2D eigenvalue weighted by Gasteiger charge is 2.26. The second-order valence-electron chi connectivity index (χ2n) is 10.6. The Hall–Kier alpha value is -3.82. The van der Waals surface area contributed by atoms with E-state index in [0.29, 0.717) is 11.3 Å². The molecule has 0 spiro atoms. The van der Waals surface area contributed by atoms with Crippen molar-refractivity contribution in [2.45, 2.75) is 23.6 Å². The van der Waals surface area contributed by atoms with Crippen LogP contribution in [0, 0.1) is 0 Å². The molecule has 4 atom stereocenters. The van der Waals surface area contributed by atoms with Gasteiger partial charge < -0.3 is 0 Å². The van der Waals surface area contributed by atoms with E-state index in [1.807, 2.05) is 0 Å². The lowest BCUT2D eigenvalue weighted by atomic mass is 9.88. The molecule has 0 fully saturated rings. The SMILES string of the molecule is c1ccc(CPC(c2ccccc2)c2cccc(-c3ccccc3)c2C(PCc2ccccc2)c2ccccc2)cc1. The Balaban J connectivity index is 1.52. The molecule has 206 valence electrons. The summed E-state index contributed by atoms with van der Waals surface area (Å²) < 4.78 is 0. The molecule has 6 rings (SSSR count). The summed E-state index contributed by atoms with van der Waals surface area (Å²) in [6, 6.07) is 62.4. The Morgan fingerprint density at radius 1 is 0.381 bits per heavy atom. The van der Waals surface area contributed by atoms with Gasteiger partial charge in [0, 0.05) is 11.3 Å². The Labute approximate surface area is 254 Å². The quantitative estimate of drug-likeness (QED) is 0.134. The van der Waals surface area contributed by atoms with Crippen LogP contribution >= 0.6 is 17.2 Å². The van der Waals surface area contributed by atoms with Gasteiger partial charge in [-0.3, -0.25) is 0 Å². The minimum Gasteiger partial charge on any atom is -0.105 e. The molecule has 4 unspecified atom stereocenters. The third-order valence-corrected chi connectivity index (χ3v) is 11.1. The first-order valence-electron chi connectivity index (χ1n) is 14.7. The lowest BCUT2D eigenvalue weighted by Gasteiger charge is -2.29. The van der Waals surface area contributed by atoms with Gasteiger partial charge in [-0.2, -0.15) is 0 Å². The molecule has 0 aliphatic carbocycles. The van der Waals surface area contributed by atoms with Gasteiger partial charge in [-0.05, 0) is 56.8 Å². The van der Waals surface area contributed by atoms with Gasteiger partial charge in [-0.25, -0.2) is 0 Å². The number of hydrogen-bond acceptors (Lipinski definition) is 0. The zero-order chi connectivity index (χ0) is 28.4. The molecule has 0 amide bonds. The van der Waals surface area contributed by atoms with Crippen molar-refractivity contribution in [1.82, 2.24) is 0 Å². The molecule has 0 N–H and O–H groups in total. The van der Waals surface area contributed by atoms with Gasteiger partial charge in [0.05, 0.1) is 0 Å². The van der Waals surface area contributed by atoms with E-state index in [2.05, 4.69) is 170 Å². The van der Waals surface area contributed by atoms with Crippen molar-refractivity contribution >= 4 is 17.2 Å². The third-order valence-electron chi connectivity index (χ3n) is 7.80. The summed E-state index contributed by atoms with van der Waals surface area (Å²) >= 11 is 0. The molecule has 0 saturated heterocycles. The van der Waals surface area contributed by atoms with E-state index >= 15 is 0 Å². The summed E-state index contributed by atoms with van der Waals surface area (Å²) in [7, 11) is 1.46. The minimum absolute atomic E-state index is 0.297. The number of rotatable bonds is 11. The molecule has 6 aromatic carbocycles. The standard InChI is InChI=1S/C40H36P2/c1-6-17-31(18-7-1)29-41-39(34-23-12-4-13-24-34)37-28-16-27-36(33-21-10-3-11-22-33)38(37)40(35-25-14-5-15-26-35)42-30-32-19-8-2-9-20-32/h1-28,39-42H,29-30H2. The van der Waals surface area contributed by atoms with Crippen molar-refractivity contribution in [3.8, 4) is 11.1 Å². The predicted molar refractivity (Wildman–Crippen MR) is 185 cm³/mol. The van der Waals surface area contributed by atoms with Crippen molar-refractivity contribution in [2.24, 2.45) is 0 Å². The molecule has 2 heteroatoms. The van der Waals surface area contributed by atoms with Crippen LogP contribution in [0.15, 0.2) is 170 Å². The fraction of sp³-hybridized carbons (Fsp3) is 0.100. The molecular formula is C40H36P2. The summed E-state index contributed by atoms with van der Waals surface area (Å²) in [5.41, 5.74) is 11.8. The zero-order valence-corrected chi connectivity index (χ0v) is 25.7. The molecule has 0 aliphatic heterocycles. The lowest BCUT2D eigenvalue weighted by molar-refractivity contribution is 1.04. The van der Waals surface area contributed by atoms with Crippen LogP contribution in [0.5, 0.6) is 0 Å². The van der Waals surface area contributed by atoms with Crippen LogP contribution < -0.4 is 0 Å². The molecule has 42 heavy (non-hydrogen) atoms. The smallest absolute Gasteiger partial charge is 0.0275 e. The van der Waals surface area contributed by atoms with Crippen molar-refractivity contribution in [1.29, 1.82) is 0 Å². The average Bonchev–Trinajstić information content (AvgIpc) is 3.08. The van der Waals surface area contributed by atoms with Crippen LogP contribution in [-0.2, 0) is 12.3 Å². The summed E-state index contributed by atoms with van der Waals surface area (Å²) in [6.07, 6.45) is 2.13. The molecule has 0 heterocycles. The first-order valence-corrected chi connectivity index (χ1v) is 17.3. The molecular weight excluding hydrogens is 542 g/mol. The molecule has 0 aliphatic rings. The van der Waals surface area contributed by atoms with E-state index in [-0.39, 0.29) is 0 Å². The molecule has 0 nitrogen and oxygen atoms in total. The van der Waals surface area contributed by atoms with E-state index in [9.17, 15) is 0 Å². The highest BCUT2D eigenvalue weighted by Crippen LogP contribution is 2.53. The van der Waals surface area contributed by atoms with Gasteiger partial charge in [0.2, 0.25) is 0 Å². The lowest BCUT2D eigenvalue weighted by Crippen LogP contribution is -2.07. The fourth-order valence-electron chi connectivity index (χ4n) is 5.74. The maximum atomic E-state index is 2.42. The average molecular weight is 579 g/mol. The van der Waals surface area contributed by atoms with Crippen molar-refractivity contribution < 1.29 is 0 Å². The predicted octanol–water partition coefficient (Wildman–Crippen LogP) is 11.3. The van der Waals surface area contributed by atoms with E-state index in [1.165, 1.54) is 44.5 Å². The van der Waals surface area contributed by atoms with Crippen molar-refractivity contribution in [3.63, 3.8) is 0 Å². The summed E-state index contributed by atoms with van der Waals surface area (Å²) in [6.45, 7) is 0. The summed E-state index contributed by atoms with van der Waals surface area (Å²) in [5.74, 6) is 0. The maximum Gasteiger partial charge on any atom is 0.0275 e. The molecule has 0 saturated carbocycles. The molecule has 0 bridgehead atoms. The zero-order valence-electron chi connectivity index (χ0n) is 23.7. The molecule has 0 radical (unpaired) electrons. The van der Waals surface area contributed by atoms with E-state index in [0.717, 1.165) is 29.5 Å². The van der Waals surface area contributed by atoms with Gasteiger partial charge in [-0.15, -0.1) is 17.2 Å². The van der Waals surface area contributed by atoms with Crippen LogP contribution in [0.1, 0.15) is 44.7 Å². The Kier molecular flexibility index (Phi) is 9.69.